The van der Waals surface area contributed by atoms with E-state index in [0.717, 1.165) is 5.54 Å². The van der Waals surface area contributed by atoms with E-state index in [9.17, 15) is 13.7 Å². The average Bonchev–Trinajstić information content (AvgIpc) is 2.19. The summed E-state index contributed by atoms with van der Waals surface area (Å²) in [5.74, 6) is -1.57. The molecule has 0 saturated heterocycles. The van der Waals surface area contributed by atoms with Crippen LogP contribution < -0.4 is 5.54 Å². The van der Waals surface area contributed by atoms with Crippen LogP contribution >= 0.6 is 0 Å². The summed E-state index contributed by atoms with van der Waals surface area (Å²) in [7, 11) is 0. The summed E-state index contributed by atoms with van der Waals surface area (Å²) in [5.41, 5.74) is 1.05. The molecule has 0 amide bonds. The van der Waals surface area contributed by atoms with Crippen molar-refractivity contribution in [1.82, 2.24) is 5.54 Å². The predicted molar refractivity (Wildman–Crippen MR) is 46.0 cm³/mol. The third-order valence-corrected chi connectivity index (χ3v) is 1.79. The van der Waals surface area contributed by atoms with Crippen molar-refractivity contribution in [3.8, 4) is 0 Å². The summed E-state index contributed by atoms with van der Waals surface area (Å²) >= 11 is 0. The molecule has 0 aliphatic rings. The highest BCUT2D eigenvalue weighted by Crippen LogP contribution is 2.21. The lowest BCUT2D eigenvalue weighted by Gasteiger charge is -2.13. The summed E-state index contributed by atoms with van der Waals surface area (Å²) in [6, 6.07) is 5.71. The second kappa shape index (κ2) is 4.66. The number of halogens is 2. The molecule has 3 nitrogen and oxygen atoms in total. The zero-order valence-corrected chi connectivity index (χ0v) is 7.15. The summed E-state index contributed by atoms with van der Waals surface area (Å²) in [6.45, 7) is 0. The van der Waals surface area contributed by atoms with E-state index in [1.54, 1.807) is 18.2 Å². The number of hydrogen-bond acceptors (Lipinski definition) is 2. The van der Waals surface area contributed by atoms with Crippen LogP contribution in [0, 0.1) is 0 Å². The first kappa shape index (κ1) is 10.6. The van der Waals surface area contributed by atoms with Crippen molar-refractivity contribution in [3.63, 3.8) is 0 Å². The third kappa shape index (κ3) is 2.26. The third-order valence-electron chi connectivity index (χ3n) is 1.79. The second-order valence-electron chi connectivity index (χ2n) is 2.74. The second-order valence-corrected chi connectivity index (χ2v) is 2.74. The van der Waals surface area contributed by atoms with Gasteiger partial charge in [-0.3, -0.25) is 4.79 Å². The highest BCUT2D eigenvalue weighted by atomic mass is 19.2. The maximum absolute atomic E-state index is 13.4. The summed E-state index contributed by atoms with van der Waals surface area (Å²) < 4.78 is 25.3. The molecule has 0 saturated carbocycles. The monoisotopic (exact) mass is 201 g/mol. The van der Waals surface area contributed by atoms with Gasteiger partial charge in [0.15, 0.2) is 12.2 Å². The number of rotatable bonds is 4. The zero-order chi connectivity index (χ0) is 10.6. The normalized spacial score (nSPS) is 14.7. The highest BCUT2D eigenvalue weighted by molar-refractivity contribution is 5.74. The van der Waals surface area contributed by atoms with E-state index in [0.29, 0.717) is 0 Å². The molecular weight excluding hydrogens is 192 g/mol. The van der Waals surface area contributed by atoms with E-state index in [4.69, 9.17) is 5.11 Å². The van der Waals surface area contributed by atoms with Crippen molar-refractivity contribution in [3.05, 3.63) is 35.9 Å². The molecule has 5 heteroatoms. The van der Waals surface area contributed by atoms with E-state index < -0.39 is 18.2 Å². The molecule has 1 aromatic rings. The van der Waals surface area contributed by atoms with Gasteiger partial charge in [0.05, 0.1) is 0 Å². The first-order valence-electron chi connectivity index (χ1n) is 3.94. The lowest BCUT2D eigenvalue weighted by atomic mass is 10.0. The van der Waals surface area contributed by atoms with E-state index in [1.165, 1.54) is 12.1 Å². The number of alkyl halides is 1. The molecule has 1 unspecified atom stereocenters. The first-order valence-corrected chi connectivity index (χ1v) is 3.94. The number of benzene rings is 1. The lowest BCUT2D eigenvalue weighted by molar-refractivity contribution is -0.143. The van der Waals surface area contributed by atoms with Crippen LogP contribution in [0.4, 0.5) is 8.87 Å². The van der Waals surface area contributed by atoms with Crippen LogP contribution in [0.25, 0.3) is 0 Å². The van der Waals surface area contributed by atoms with Crippen LogP contribution in [0.1, 0.15) is 11.7 Å². The maximum atomic E-state index is 13.4. The van der Waals surface area contributed by atoms with Gasteiger partial charge in [0.25, 0.3) is 0 Å². The lowest BCUT2D eigenvalue weighted by Crippen LogP contribution is -2.35. The van der Waals surface area contributed by atoms with Crippen LogP contribution in [0.2, 0.25) is 0 Å². The molecule has 2 atom stereocenters. The quantitative estimate of drug-likeness (QED) is 0.728. The molecule has 14 heavy (non-hydrogen) atoms. The molecule has 2 N–H and O–H groups in total. The van der Waals surface area contributed by atoms with Crippen LogP contribution in [0.15, 0.2) is 30.3 Å². The number of aliphatic carboxylic acids is 1. The van der Waals surface area contributed by atoms with E-state index in [-0.39, 0.29) is 5.56 Å². The SMILES string of the molecule is O=C(O)[C@@H](NF)C(F)c1ccccc1. The van der Waals surface area contributed by atoms with Crippen molar-refractivity contribution >= 4 is 5.97 Å². The molecule has 76 valence electrons. The van der Waals surface area contributed by atoms with Gasteiger partial charge in [-0.05, 0) is 5.56 Å². The van der Waals surface area contributed by atoms with Crippen LogP contribution in [0.5, 0.6) is 0 Å². The van der Waals surface area contributed by atoms with Crippen molar-refractivity contribution in [2.45, 2.75) is 12.2 Å². The van der Waals surface area contributed by atoms with Crippen LogP contribution in [-0.4, -0.2) is 17.1 Å². The van der Waals surface area contributed by atoms with Gasteiger partial charge in [-0.15, -0.1) is 10.0 Å². The van der Waals surface area contributed by atoms with Gasteiger partial charge in [-0.2, -0.15) is 0 Å². The van der Waals surface area contributed by atoms with Gasteiger partial charge in [0, 0.05) is 0 Å². The minimum absolute atomic E-state index is 0.130. The molecular formula is C9H9F2NO2. The Hall–Kier alpha value is -1.49. The Kier molecular flexibility index (Phi) is 3.53. The molecule has 0 aromatic heterocycles. The number of carbonyl (C=O) groups is 1. The molecule has 0 heterocycles. The molecule has 0 bridgehead atoms. The fourth-order valence-corrected chi connectivity index (χ4v) is 1.06. The van der Waals surface area contributed by atoms with Gasteiger partial charge < -0.3 is 5.11 Å². The van der Waals surface area contributed by atoms with Gasteiger partial charge in [-0.1, -0.05) is 30.3 Å². The molecule has 0 radical (unpaired) electrons. The average molecular weight is 201 g/mol. The number of carboxylic acids is 1. The Morgan fingerprint density at radius 1 is 1.36 bits per heavy atom. The minimum Gasteiger partial charge on any atom is -0.480 e. The largest absolute Gasteiger partial charge is 0.480 e. The smallest absolute Gasteiger partial charge is 0.326 e. The predicted octanol–water partition coefficient (Wildman–Crippen LogP) is 1.62. The van der Waals surface area contributed by atoms with Crippen molar-refractivity contribution < 1.29 is 18.8 Å². The number of hydrogen-bond donors (Lipinski definition) is 2. The van der Waals surface area contributed by atoms with Crippen molar-refractivity contribution in [1.29, 1.82) is 0 Å². The van der Waals surface area contributed by atoms with Gasteiger partial charge in [0.1, 0.15) is 0 Å². The molecule has 1 aromatic carbocycles. The van der Waals surface area contributed by atoms with E-state index in [1.807, 2.05) is 0 Å². The zero-order valence-electron chi connectivity index (χ0n) is 7.15. The highest BCUT2D eigenvalue weighted by Gasteiger charge is 2.29. The Bertz CT molecular complexity index is 305. The fraction of sp³-hybridized carbons (Fsp3) is 0.222. The Balaban J connectivity index is 2.83. The topological polar surface area (TPSA) is 49.3 Å². The van der Waals surface area contributed by atoms with E-state index in [2.05, 4.69) is 0 Å². The summed E-state index contributed by atoms with van der Waals surface area (Å²) in [4.78, 5) is 10.4. The summed E-state index contributed by atoms with van der Waals surface area (Å²) in [6.07, 6.45) is -1.90. The first-order chi connectivity index (χ1) is 6.66. The maximum Gasteiger partial charge on any atom is 0.326 e. The molecule has 0 aliphatic carbocycles. The standard InChI is InChI=1S/C9H9F2NO2/c10-7(8(12-11)9(13)14)6-4-2-1-3-5-6/h1-5,7-8,12H,(H,13,14)/t7?,8-/m0/s1. The van der Waals surface area contributed by atoms with Gasteiger partial charge >= 0.3 is 5.97 Å². The number of carboxylic acid groups (broad SMARTS) is 1. The van der Waals surface area contributed by atoms with Crippen molar-refractivity contribution in [2.24, 2.45) is 0 Å². The Labute approximate surface area is 79.3 Å². The Morgan fingerprint density at radius 3 is 2.36 bits per heavy atom. The molecule has 0 spiro atoms. The van der Waals surface area contributed by atoms with Crippen molar-refractivity contribution in [2.75, 3.05) is 0 Å². The number of nitrogens with one attached hydrogen (secondary N) is 1. The van der Waals surface area contributed by atoms with Crippen LogP contribution in [-0.2, 0) is 4.79 Å². The fourth-order valence-electron chi connectivity index (χ4n) is 1.06. The Morgan fingerprint density at radius 2 is 1.93 bits per heavy atom. The molecule has 0 fully saturated rings. The molecule has 0 aliphatic heterocycles. The minimum atomic E-state index is -1.90. The molecule has 1 rings (SSSR count). The summed E-state index contributed by atoms with van der Waals surface area (Å²) in [5, 5.41) is 8.46. The van der Waals surface area contributed by atoms with Gasteiger partial charge in [-0.25, -0.2) is 4.39 Å². The van der Waals surface area contributed by atoms with Gasteiger partial charge in [0.2, 0.25) is 0 Å². The van der Waals surface area contributed by atoms with E-state index >= 15 is 0 Å². The van der Waals surface area contributed by atoms with Crippen LogP contribution in [0.3, 0.4) is 0 Å².